The Morgan fingerprint density at radius 2 is 1.25 bits per heavy atom. The van der Waals surface area contributed by atoms with Gasteiger partial charge in [-0.15, -0.1) is 0 Å². The van der Waals surface area contributed by atoms with Gasteiger partial charge in [-0.05, 0) is 67.1 Å². The molecule has 0 amide bonds. The Labute approximate surface area is 128 Å². The molecule has 0 heterocycles. The summed E-state index contributed by atoms with van der Waals surface area (Å²) >= 11 is 0. The maximum absolute atomic E-state index is 2.57. The fourth-order valence-electron chi connectivity index (χ4n) is 5.06. The number of hydrogen-bond acceptors (Lipinski definition) is 0. The van der Waals surface area contributed by atoms with Gasteiger partial charge in [-0.25, -0.2) is 0 Å². The molecule has 1 unspecified atom stereocenters. The fourth-order valence-corrected chi connectivity index (χ4v) is 5.06. The van der Waals surface area contributed by atoms with Crippen molar-refractivity contribution >= 4 is 0 Å². The first-order chi connectivity index (χ1) is 9.38. The topological polar surface area (TPSA) is 0 Å². The van der Waals surface area contributed by atoms with Crippen LogP contribution in [0.25, 0.3) is 0 Å². The lowest BCUT2D eigenvalue weighted by atomic mass is 9.63. The molecule has 0 aromatic rings. The lowest BCUT2D eigenvalue weighted by molar-refractivity contribution is 0.0852. The molecule has 0 bridgehead atoms. The molecule has 2 aliphatic carbocycles. The van der Waals surface area contributed by atoms with E-state index in [0.717, 1.165) is 29.6 Å². The van der Waals surface area contributed by atoms with Crippen molar-refractivity contribution in [1.82, 2.24) is 0 Å². The van der Waals surface area contributed by atoms with Crippen LogP contribution in [-0.2, 0) is 0 Å². The quantitative estimate of drug-likeness (QED) is 0.537. The maximum Gasteiger partial charge on any atom is -0.0323 e. The van der Waals surface area contributed by atoms with Crippen molar-refractivity contribution in [3.05, 3.63) is 0 Å². The predicted octanol–water partition coefficient (Wildman–Crippen LogP) is 6.69. The van der Waals surface area contributed by atoms with E-state index in [1.165, 1.54) is 57.8 Å². The minimum atomic E-state index is 0.572. The van der Waals surface area contributed by atoms with Gasteiger partial charge < -0.3 is 0 Å². The molecule has 0 N–H and O–H groups in total. The number of hydrogen-bond donors (Lipinski definition) is 0. The standard InChI is InChI=1S/C20H38/c1-15-6-10-18(11-7-15)17(3)14-20(4,5)19-12-8-16(2)9-13-19/h15-19H,6-14H2,1-5H3. The molecule has 0 aromatic carbocycles. The van der Waals surface area contributed by atoms with Crippen LogP contribution in [0.4, 0.5) is 0 Å². The first-order valence-corrected chi connectivity index (χ1v) is 9.38. The van der Waals surface area contributed by atoms with Crippen molar-refractivity contribution in [2.75, 3.05) is 0 Å². The van der Waals surface area contributed by atoms with Crippen molar-refractivity contribution in [2.24, 2.45) is 35.0 Å². The Bertz CT molecular complexity index is 274. The van der Waals surface area contributed by atoms with E-state index >= 15 is 0 Å². The van der Waals surface area contributed by atoms with Gasteiger partial charge >= 0.3 is 0 Å². The largest absolute Gasteiger partial charge is 0.0625 e. The van der Waals surface area contributed by atoms with Crippen LogP contribution in [0.15, 0.2) is 0 Å². The molecule has 2 rings (SSSR count). The van der Waals surface area contributed by atoms with Gasteiger partial charge in [-0.1, -0.05) is 60.3 Å². The lowest BCUT2D eigenvalue weighted by Crippen LogP contribution is -2.32. The van der Waals surface area contributed by atoms with Crippen LogP contribution in [0.1, 0.15) is 92.4 Å². The van der Waals surface area contributed by atoms with Gasteiger partial charge in [0, 0.05) is 0 Å². The predicted molar refractivity (Wildman–Crippen MR) is 89.8 cm³/mol. The minimum absolute atomic E-state index is 0.572. The Kier molecular flexibility index (Phi) is 5.60. The van der Waals surface area contributed by atoms with E-state index in [-0.39, 0.29) is 0 Å². The zero-order valence-electron chi connectivity index (χ0n) is 14.8. The van der Waals surface area contributed by atoms with Gasteiger partial charge in [-0.2, -0.15) is 0 Å². The van der Waals surface area contributed by atoms with Gasteiger partial charge in [0.15, 0.2) is 0 Å². The molecule has 0 aliphatic heterocycles. The van der Waals surface area contributed by atoms with E-state index in [2.05, 4.69) is 34.6 Å². The molecule has 0 aromatic heterocycles. The zero-order chi connectivity index (χ0) is 14.8. The number of rotatable bonds is 4. The van der Waals surface area contributed by atoms with Crippen LogP contribution in [-0.4, -0.2) is 0 Å². The Morgan fingerprint density at radius 1 is 0.800 bits per heavy atom. The monoisotopic (exact) mass is 278 g/mol. The van der Waals surface area contributed by atoms with E-state index in [1.54, 1.807) is 0 Å². The molecule has 1 atom stereocenters. The van der Waals surface area contributed by atoms with Crippen molar-refractivity contribution in [3.63, 3.8) is 0 Å². The molecule has 2 aliphatic rings. The molecule has 118 valence electrons. The first kappa shape index (κ1) is 16.4. The highest BCUT2D eigenvalue weighted by atomic mass is 14.4. The summed E-state index contributed by atoms with van der Waals surface area (Å²) in [6.07, 6.45) is 13.4. The molecule has 0 saturated heterocycles. The second-order valence-corrected chi connectivity index (χ2v) is 9.15. The van der Waals surface area contributed by atoms with Crippen LogP contribution >= 0.6 is 0 Å². The van der Waals surface area contributed by atoms with Gasteiger partial charge in [-0.3, -0.25) is 0 Å². The first-order valence-electron chi connectivity index (χ1n) is 9.38. The van der Waals surface area contributed by atoms with E-state index in [9.17, 15) is 0 Å². The van der Waals surface area contributed by atoms with Crippen LogP contribution < -0.4 is 0 Å². The molecular formula is C20H38. The Balaban J connectivity index is 1.84. The van der Waals surface area contributed by atoms with Gasteiger partial charge in [0.05, 0.1) is 0 Å². The summed E-state index contributed by atoms with van der Waals surface area (Å²) in [5.41, 5.74) is 0.572. The minimum Gasteiger partial charge on any atom is -0.0625 e. The third-order valence-corrected chi connectivity index (χ3v) is 6.83. The van der Waals surface area contributed by atoms with Gasteiger partial charge in [0.25, 0.3) is 0 Å². The molecular weight excluding hydrogens is 240 g/mol. The highest BCUT2D eigenvalue weighted by Crippen LogP contribution is 2.46. The third kappa shape index (κ3) is 4.25. The molecule has 0 heteroatoms. The van der Waals surface area contributed by atoms with Crippen molar-refractivity contribution < 1.29 is 0 Å². The Hall–Kier alpha value is 0. The third-order valence-electron chi connectivity index (χ3n) is 6.83. The molecule has 2 saturated carbocycles. The molecule has 0 spiro atoms. The summed E-state index contributed by atoms with van der Waals surface area (Å²) in [6.45, 7) is 12.6. The van der Waals surface area contributed by atoms with Gasteiger partial charge in [0.1, 0.15) is 0 Å². The summed E-state index contributed by atoms with van der Waals surface area (Å²) in [5, 5.41) is 0. The molecule has 2 fully saturated rings. The van der Waals surface area contributed by atoms with Crippen LogP contribution in [0.2, 0.25) is 0 Å². The highest BCUT2D eigenvalue weighted by Gasteiger charge is 2.35. The maximum atomic E-state index is 2.57. The van der Waals surface area contributed by atoms with Crippen LogP contribution in [0, 0.1) is 35.0 Å². The summed E-state index contributed by atoms with van der Waals surface area (Å²) in [7, 11) is 0. The molecule has 20 heavy (non-hydrogen) atoms. The van der Waals surface area contributed by atoms with Crippen LogP contribution in [0.3, 0.4) is 0 Å². The van der Waals surface area contributed by atoms with E-state index < -0.39 is 0 Å². The second kappa shape index (κ2) is 6.84. The van der Waals surface area contributed by atoms with Gasteiger partial charge in [0.2, 0.25) is 0 Å². The van der Waals surface area contributed by atoms with Crippen molar-refractivity contribution in [1.29, 1.82) is 0 Å². The Morgan fingerprint density at radius 3 is 1.75 bits per heavy atom. The summed E-state index contributed by atoms with van der Waals surface area (Å²) in [4.78, 5) is 0. The SMILES string of the molecule is CC1CCC(C(C)CC(C)(C)C2CCC(C)CC2)CC1. The average molecular weight is 279 g/mol. The van der Waals surface area contributed by atoms with Crippen LogP contribution in [0.5, 0.6) is 0 Å². The smallest absolute Gasteiger partial charge is 0.0323 e. The molecule has 0 nitrogen and oxygen atoms in total. The highest BCUT2D eigenvalue weighted by molar-refractivity contribution is 4.86. The summed E-state index contributed by atoms with van der Waals surface area (Å²) in [6, 6.07) is 0. The zero-order valence-corrected chi connectivity index (χ0v) is 14.8. The van der Waals surface area contributed by atoms with E-state index in [1.807, 2.05) is 0 Å². The fraction of sp³-hybridized carbons (Fsp3) is 1.00. The average Bonchev–Trinajstić information content (AvgIpc) is 2.39. The van der Waals surface area contributed by atoms with E-state index in [4.69, 9.17) is 0 Å². The lowest BCUT2D eigenvalue weighted by Gasteiger charge is -2.42. The van der Waals surface area contributed by atoms with Crippen molar-refractivity contribution in [3.8, 4) is 0 Å². The summed E-state index contributed by atoms with van der Waals surface area (Å²) in [5.74, 6) is 4.93. The second-order valence-electron chi connectivity index (χ2n) is 9.15. The van der Waals surface area contributed by atoms with Crippen molar-refractivity contribution in [2.45, 2.75) is 92.4 Å². The molecule has 0 radical (unpaired) electrons. The summed E-state index contributed by atoms with van der Waals surface area (Å²) < 4.78 is 0. The van der Waals surface area contributed by atoms with E-state index in [0.29, 0.717) is 5.41 Å². The normalized spacial score (nSPS) is 37.6.